The summed E-state index contributed by atoms with van der Waals surface area (Å²) in [6.07, 6.45) is 1.19. The predicted octanol–water partition coefficient (Wildman–Crippen LogP) is 2.65. The highest BCUT2D eigenvalue weighted by molar-refractivity contribution is 5.47. The van der Waals surface area contributed by atoms with E-state index in [0.29, 0.717) is 12.0 Å². The van der Waals surface area contributed by atoms with Crippen LogP contribution in [0.5, 0.6) is 0 Å². The Balaban J connectivity index is 2.09. The van der Waals surface area contributed by atoms with Crippen LogP contribution < -0.4 is 10.2 Å². The number of nitrogens with zero attached hydrogens (tertiary/aromatic N) is 1. The molecule has 1 fully saturated rings. The lowest BCUT2D eigenvalue weighted by molar-refractivity contribution is 0.468. The van der Waals surface area contributed by atoms with Gasteiger partial charge in [0.1, 0.15) is 5.82 Å². The van der Waals surface area contributed by atoms with Gasteiger partial charge >= 0.3 is 0 Å². The van der Waals surface area contributed by atoms with Crippen molar-refractivity contribution in [2.75, 3.05) is 24.5 Å². The van der Waals surface area contributed by atoms with Gasteiger partial charge in [0.25, 0.3) is 0 Å². The molecule has 2 atom stereocenters. The minimum absolute atomic E-state index is 0.118. The number of benzene rings is 1. The second-order valence-electron chi connectivity index (χ2n) is 4.78. The van der Waals surface area contributed by atoms with Crippen molar-refractivity contribution in [3.63, 3.8) is 0 Å². The molecule has 0 aromatic heterocycles. The van der Waals surface area contributed by atoms with Crippen molar-refractivity contribution in [2.24, 2.45) is 5.92 Å². The van der Waals surface area contributed by atoms with E-state index in [1.807, 2.05) is 12.1 Å². The first kappa shape index (κ1) is 12.4. The third-order valence-electron chi connectivity index (χ3n) is 3.72. The molecule has 2 nitrogen and oxygen atoms in total. The summed E-state index contributed by atoms with van der Waals surface area (Å²) in [6, 6.07) is 7.58. The molecule has 1 N–H and O–H groups in total. The number of halogens is 1. The molecule has 1 saturated heterocycles. The molecule has 3 heteroatoms. The molecule has 94 valence electrons. The Kier molecular flexibility index (Phi) is 4.00. The maximum Gasteiger partial charge on any atom is 0.146 e. The fourth-order valence-corrected chi connectivity index (χ4v) is 2.55. The van der Waals surface area contributed by atoms with Gasteiger partial charge in [-0.25, -0.2) is 4.39 Å². The predicted molar refractivity (Wildman–Crippen MR) is 69.9 cm³/mol. The molecule has 0 saturated carbocycles. The van der Waals surface area contributed by atoms with Crippen molar-refractivity contribution in [3.05, 3.63) is 30.1 Å². The first-order valence-corrected chi connectivity index (χ1v) is 6.45. The van der Waals surface area contributed by atoms with Gasteiger partial charge in [-0.1, -0.05) is 12.1 Å². The molecule has 0 bridgehead atoms. The van der Waals surface area contributed by atoms with Crippen LogP contribution in [0, 0.1) is 11.7 Å². The zero-order chi connectivity index (χ0) is 12.3. The van der Waals surface area contributed by atoms with E-state index in [1.165, 1.54) is 12.5 Å². The Labute approximate surface area is 103 Å². The zero-order valence-electron chi connectivity index (χ0n) is 10.6. The summed E-state index contributed by atoms with van der Waals surface area (Å²) >= 11 is 0. The normalized spacial score (nSPS) is 23.9. The standard InChI is InChI=1S/C14H21FN2/c1-3-17(10-12-8-9-16-11(12)2)14-7-5-4-6-13(14)15/h4-7,11-12,16H,3,8-10H2,1-2H3. The number of hydrogen-bond donors (Lipinski definition) is 1. The second kappa shape index (κ2) is 5.50. The Bertz CT molecular complexity index is 367. The summed E-state index contributed by atoms with van der Waals surface area (Å²) < 4.78 is 13.7. The van der Waals surface area contributed by atoms with Crippen LogP contribution in [0.2, 0.25) is 0 Å². The molecule has 0 aliphatic carbocycles. The van der Waals surface area contributed by atoms with Crippen molar-refractivity contribution in [1.82, 2.24) is 5.32 Å². The third kappa shape index (κ3) is 2.78. The van der Waals surface area contributed by atoms with E-state index in [0.717, 1.165) is 25.3 Å². The van der Waals surface area contributed by atoms with E-state index in [4.69, 9.17) is 0 Å². The van der Waals surface area contributed by atoms with Crippen molar-refractivity contribution in [3.8, 4) is 0 Å². The molecule has 1 aromatic carbocycles. The molecule has 0 spiro atoms. The summed E-state index contributed by atoms with van der Waals surface area (Å²) in [5, 5.41) is 3.44. The van der Waals surface area contributed by atoms with E-state index >= 15 is 0 Å². The van der Waals surface area contributed by atoms with Crippen LogP contribution in [0.25, 0.3) is 0 Å². The number of rotatable bonds is 4. The molecule has 1 heterocycles. The van der Waals surface area contributed by atoms with Gasteiger partial charge in [0.15, 0.2) is 0 Å². The van der Waals surface area contributed by atoms with Gasteiger partial charge in [0.05, 0.1) is 5.69 Å². The van der Waals surface area contributed by atoms with Crippen LogP contribution in [-0.2, 0) is 0 Å². The minimum atomic E-state index is -0.118. The van der Waals surface area contributed by atoms with Crippen LogP contribution in [0.1, 0.15) is 20.3 Å². The fraction of sp³-hybridized carbons (Fsp3) is 0.571. The lowest BCUT2D eigenvalue weighted by Crippen LogP contribution is -2.35. The first-order chi connectivity index (χ1) is 8.22. The van der Waals surface area contributed by atoms with Gasteiger partial charge in [0, 0.05) is 19.1 Å². The van der Waals surface area contributed by atoms with E-state index in [2.05, 4.69) is 24.1 Å². The van der Waals surface area contributed by atoms with Gasteiger partial charge in [-0.2, -0.15) is 0 Å². The zero-order valence-corrected chi connectivity index (χ0v) is 10.6. The lowest BCUT2D eigenvalue weighted by atomic mass is 10.0. The Morgan fingerprint density at radius 2 is 2.18 bits per heavy atom. The van der Waals surface area contributed by atoms with Crippen LogP contribution in [0.4, 0.5) is 10.1 Å². The molecule has 1 aliphatic rings. The lowest BCUT2D eigenvalue weighted by Gasteiger charge is -2.28. The molecule has 2 rings (SSSR count). The maximum atomic E-state index is 13.7. The van der Waals surface area contributed by atoms with Gasteiger partial charge in [0.2, 0.25) is 0 Å². The average Bonchev–Trinajstić information content (AvgIpc) is 2.73. The molecular formula is C14H21FN2. The molecule has 17 heavy (non-hydrogen) atoms. The summed E-state index contributed by atoms with van der Waals surface area (Å²) in [5.41, 5.74) is 0.731. The molecule has 1 aromatic rings. The van der Waals surface area contributed by atoms with Gasteiger partial charge < -0.3 is 10.2 Å². The number of hydrogen-bond acceptors (Lipinski definition) is 2. The number of nitrogens with one attached hydrogen (secondary N) is 1. The second-order valence-corrected chi connectivity index (χ2v) is 4.78. The van der Waals surface area contributed by atoms with Crippen molar-refractivity contribution in [2.45, 2.75) is 26.3 Å². The minimum Gasteiger partial charge on any atom is -0.369 e. The van der Waals surface area contributed by atoms with E-state index < -0.39 is 0 Å². The monoisotopic (exact) mass is 236 g/mol. The molecule has 0 amide bonds. The fourth-order valence-electron chi connectivity index (χ4n) is 2.55. The van der Waals surface area contributed by atoms with Gasteiger partial charge in [-0.3, -0.25) is 0 Å². The number of anilines is 1. The van der Waals surface area contributed by atoms with Crippen molar-refractivity contribution >= 4 is 5.69 Å². The van der Waals surface area contributed by atoms with Crippen molar-refractivity contribution < 1.29 is 4.39 Å². The van der Waals surface area contributed by atoms with Crippen LogP contribution in [0.15, 0.2) is 24.3 Å². The van der Waals surface area contributed by atoms with Gasteiger partial charge in [-0.05, 0) is 44.9 Å². The van der Waals surface area contributed by atoms with Crippen LogP contribution in [-0.4, -0.2) is 25.7 Å². The SMILES string of the molecule is CCN(CC1CCNC1C)c1ccccc1F. The number of para-hydroxylation sites is 1. The average molecular weight is 236 g/mol. The molecular weight excluding hydrogens is 215 g/mol. The van der Waals surface area contributed by atoms with Crippen LogP contribution >= 0.6 is 0 Å². The van der Waals surface area contributed by atoms with Crippen LogP contribution in [0.3, 0.4) is 0 Å². The summed E-state index contributed by atoms with van der Waals surface area (Å²) in [5.74, 6) is 0.502. The Hall–Kier alpha value is -1.09. The summed E-state index contributed by atoms with van der Waals surface area (Å²) in [7, 11) is 0. The highest BCUT2D eigenvalue weighted by atomic mass is 19.1. The molecule has 0 radical (unpaired) electrons. The first-order valence-electron chi connectivity index (χ1n) is 6.45. The Morgan fingerprint density at radius 3 is 2.76 bits per heavy atom. The smallest absolute Gasteiger partial charge is 0.146 e. The highest BCUT2D eigenvalue weighted by Crippen LogP contribution is 2.23. The Morgan fingerprint density at radius 1 is 1.41 bits per heavy atom. The largest absolute Gasteiger partial charge is 0.369 e. The topological polar surface area (TPSA) is 15.3 Å². The molecule has 1 aliphatic heterocycles. The van der Waals surface area contributed by atoms with Gasteiger partial charge in [-0.15, -0.1) is 0 Å². The molecule has 2 unspecified atom stereocenters. The quantitative estimate of drug-likeness (QED) is 0.864. The van der Waals surface area contributed by atoms with E-state index in [9.17, 15) is 4.39 Å². The van der Waals surface area contributed by atoms with E-state index in [-0.39, 0.29) is 5.82 Å². The summed E-state index contributed by atoms with van der Waals surface area (Å²) in [6.45, 7) is 7.17. The third-order valence-corrected chi connectivity index (χ3v) is 3.72. The summed E-state index contributed by atoms with van der Waals surface area (Å²) in [4.78, 5) is 2.14. The van der Waals surface area contributed by atoms with E-state index in [1.54, 1.807) is 6.07 Å². The highest BCUT2D eigenvalue weighted by Gasteiger charge is 2.25. The maximum absolute atomic E-state index is 13.7. The van der Waals surface area contributed by atoms with Crippen molar-refractivity contribution in [1.29, 1.82) is 0 Å².